The highest BCUT2D eigenvalue weighted by Gasteiger charge is 2.24. The van der Waals surface area contributed by atoms with Gasteiger partial charge in [-0.15, -0.1) is 11.3 Å². The molecule has 2 unspecified atom stereocenters. The van der Waals surface area contributed by atoms with Gasteiger partial charge in [0.25, 0.3) is 0 Å². The minimum Gasteiger partial charge on any atom is -0.480 e. The van der Waals surface area contributed by atoms with E-state index in [2.05, 4.69) is 26.6 Å². The van der Waals surface area contributed by atoms with Crippen LogP contribution in [0.3, 0.4) is 0 Å². The molecule has 4 N–H and O–H groups in total. The lowest BCUT2D eigenvalue weighted by molar-refractivity contribution is -0.141. The number of carboxylic acid groups (broad SMARTS) is 1. The molecule has 1 aromatic rings. The van der Waals surface area contributed by atoms with Gasteiger partial charge in [0.15, 0.2) is 6.04 Å². The zero-order valence-corrected chi connectivity index (χ0v) is 11.9. The van der Waals surface area contributed by atoms with Crippen LogP contribution in [0.25, 0.3) is 0 Å². The van der Waals surface area contributed by atoms with Crippen LogP contribution in [-0.4, -0.2) is 34.4 Å². The summed E-state index contributed by atoms with van der Waals surface area (Å²) in [5.41, 5.74) is 0. The van der Waals surface area contributed by atoms with E-state index in [0.29, 0.717) is 6.54 Å². The fourth-order valence-corrected chi connectivity index (χ4v) is 2.62. The molecule has 18 heavy (non-hydrogen) atoms. The number of amides is 2. The summed E-state index contributed by atoms with van der Waals surface area (Å²) in [6.07, 6.45) is -1.16. The van der Waals surface area contributed by atoms with Gasteiger partial charge in [-0.1, -0.05) is 0 Å². The zero-order valence-electron chi connectivity index (χ0n) is 9.51. The van der Waals surface area contributed by atoms with Crippen LogP contribution >= 0.6 is 27.3 Å². The van der Waals surface area contributed by atoms with E-state index < -0.39 is 24.1 Å². The molecule has 0 aliphatic rings. The number of hydrogen-bond acceptors (Lipinski definition) is 4. The molecule has 100 valence electrons. The molecule has 0 radical (unpaired) electrons. The Morgan fingerprint density at radius 2 is 2.17 bits per heavy atom. The van der Waals surface area contributed by atoms with Crippen LogP contribution in [0.5, 0.6) is 0 Å². The van der Waals surface area contributed by atoms with E-state index in [1.54, 1.807) is 0 Å². The van der Waals surface area contributed by atoms with Crippen molar-refractivity contribution in [2.24, 2.45) is 0 Å². The molecule has 2 amide bonds. The van der Waals surface area contributed by atoms with Crippen molar-refractivity contribution in [2.45, 2.75) is 25.6 Å². The Bertz CT molecular complexity index is 435. The molecule has 0 aliphatic carbocycles. The number of aliphatic hydroxyl groups excluding tert-OH is 1. The number of hydrogen-bond donors (Lipinski definition) is 4. The molecule has 1 aromatic heterocycles. The van der Waals surface area contributed by atoms with Crippen molar-refractivity contribution in [1.29, 1.82) is 0 Å². The highest BCUT2D eigenvalue weighted by atomic mass is 79.9. The van der Waals surface area contributed by atoms with E-state index in [9.17, 15) is 14.7 Å². The molecule has 1 heterocycles. The summed E-state index contributed by atoms with van der Waals surface area (Å²) in [6, 6.07) is 1.75. The summed E-state index contributed by atoms with van der Waals surface area (Å²) in [5.74, 6) is -1.28. The summed E-state index contributed by atoms with van der Waals surface area (Å²) in [5, 5.41) is 22.7. The Balaban J connectivity index is 2.43. The topological polar surface area (TPSA) is 98.7 Å². The Kier molecular flexibility index (Phi) is 5.57. The van der Waals surface area contributed by atoms with E-state index in [4.69, 9.17) is 5.11 Å². The van der Waals surface area contributed by atoms with E-state index in [1.807, 2.05) is 12.1 Å². The molecular weight excluding hydrogens is 324 g/mol. The summed E-state index contributed by atoms with van der Waals surface area (Å²) >= 11 is 4.77. The fraction of sp³-hybridized carbons (Fsp3) is 0.400. The number of rotatable bonds is 5. The van der Waals surface area contributed by atoms with Crippen molar-refractivity contribution >= 4 is 39.3 Å². The minimum atomic E-state index is -1.32. The van der Waals surface area contributed by atoms with Crippen molar-refractivity contribution < 1.29 is 19.8 Å². The maximum absolute atomic E-state index is 11.4. The van der Waals surface area contributed by atoms with Crippen molar-refractivity contribution in [3.8, 4) is 0 Å². The first-order valence-corrected chi connectivity index (χ1v) is 6.70. The fourth-order valence-electron chi connectivity index (χ4n) is 1.20. The molecule has 0 fully saturated rings. The molecule has 0 aliphatic heterocycles. The van der Waals surface area contributed by atoms with E-state index in [-0.39, 0.29) is 0 Å². The summed E-state index contributed by atoms with van der Waals surface area (Å²) in [7, 11) is 0. The number of carboxylic acids is 1. The van der Waals surface area contributed by atoms with E-state index in [0.717, 1.165) is 8.66 Å². The van der Waals surface area contributed by atoms with Gasteiger partial charge in [-0.25, -0.2) is 9.59 Å². The van der Waals surface area contributed by atoms with Crippen LogP contribution in [0.15, 0.2) is 15.9 Å². The lowest BCUT2D eigenvalue weighted by atomic mass is 10.2. The standard InChI is InChI=1S/C10H13BrN2O4S/c1-5(14)8(9(15)16)13-10(17)12-4-6-2-3-7(11)18-6/h2-3,5,8,14H,4H2,1H3,(H,15,16)(H2,12,13,17). The minimum absolute atomic E-state index is 0.300. The number of aliphatic carboxylic acids is 1. The van der Waals surface area contributed by atoms with Crippen LogP contribution in [-0.2, 0) is 11.3 Å². The van der Waals surface area contributed by atoms with Gasteiger partial charge in [0.1, 0.15) is 0 Å². The molecule has 6 nitrogen and oxygen atoms in total. The quantitative estimate of drug-likeness (QED) is 0.648. The lowest BCUT2D eigenvalue weighted by Crippen LogP contribution is -2.50. The highest BCUT2D eigenvalue weighted by molar-refractivity contribution is 9.11. The second-order valence-corrected chi connectivity index (χ2v) is 6.14. The first kappa shape index (κ1) is 14.9. The maximum Gasteiger partial charge on any atom is 0.328 e. The third-order valence-corrected chi connectivity index (χ3v) is 3.71. The lowest BCUT2D eigenvalue weighted by Gasteiger charge is -2.17. The number of thiophene rings is 1. The van der Waals surface area contributed by atoms with Gasteiger partial charge in [0.2, 0.25) is 0 Å². The molecule has 0 spiro atoms. The summed E-state index contributed by atoms with van der Waals surface area (Å²) in [6.45, 7) is 1.60. The van der Waals surface area contributed by atoms with Gasteiger partial charge in [0, 0.05) is 4.88 Å². The first-order chi connectivity index (χ1) is 8.40. The summed E-state index contributed by atoms with van der Waals surface area (Å²) < 4.78 is 0.951. The van der Waals surface area contributed by atoms with Crippen LogP contribution < -0.4 is 10.6 Å². The molecule has 0 bridgehead atoms. The summed E-state index contributed by atoms with van der Waals surface area (Å²) in [4.78, 5) is 23.1. The SMILES string of the molecule is CC(O)C(NC(=O)NCc1ccc(Br)s1)C(=O)O. The second-order valence-electron chi connectivity index (χ2n) is 3.59. The molecule has 8 heteroatoms. The van der Waals surface area contributed by atoms with Gasteiger partial charge in [-0.05, 0) is 35.0 Å². The van der Waals surface area contributed by atoms with Crippen molar-refractivity contribution in [2.75, 3.05) is 0 Å². The van der Waals surface area contributed by atoms with Gasteiger partial charge < -0.3 is 20.8 Å². The normalized spacial score (nSPS) is 13.7. The Labute approximate surface area is 116 Å². The number of aliphatic hydroxyl groups is 1. The average Bonchev–Trinajstić information content (AvgIpc) is 2.68. The van der Waals surface area contributed by atoms with Crippen LogP contribution in [0.1, 0.15) is 11.8 Å². The van der Waals surface area contributed by atoms with Crippen LogP contribution in [0.2, 0.25) is 0 Å². The Hall–Kier alpha value is -1.12. The van der Waals surface area contributed by atoms with Crippen molar-refractivity contribution in [3.05, 3.63) is 20.8 Å². The molecule has 0 saturated heterocycles. The predicted octanol–water partition coefficient (Wildman–Crippen LogP) is 1.14. The van der Waals surface area contributed by atoms with Gasteiger partial charge in [-0.3, -0.25) is 0 Å². The van der Waals surface area contributed by atoms with Gasteiger partial charge >= 0.3 is 12.0 Å². The maximum atomic E-state index is 11.4. The van der Waals surface area contributed by atoms with Crippen LogP contribution in [0.4, 0.5) is 4.79 Å². The molecule has 0 aromatic carbocycles. The smallest absolute Gasteiger partial charge is 0.328 e. The number of nitrogens with one attached hydrogen (secondary N) is 2. The predicted molar refractivity (Wildman–Crippen MR) is 70.5 cm³/mol. The Morgan fingerprint density at radius 3 is 2.61 bits per heavy atom. The molecule has 2 atom stereocenters. The number of halogens is 1. The second kappa shape index (κ2) is 6.72. The number of urea groups is 1. The third-order valence-electron chi connectivity index (χ3n) is 2.09. The molecule has 0 saturated carbocycles. The van der Waals surface area contributed by atoms with Gasteiger partial charge in [-0.2, -0.15) is 0 Å². The number of carbonyl (C=O) groups excluding carboxylic acids is 1. The third kappa shape index (κ3) is 4.63. The number of carbonyl (C=O) groups is 2. The average molecular weight is 337 g/mol. The first-order valence-electron chi connectivity index (χ1n) is 5.09. The monoisotopic (exact) mass is 336 g/mol. The van der Waals surface area contributed by atoms with Crippen LogP contribution in [0, 0.1) is 0 Å². The Morgan fingerprint density at radius 1 is 1.50 bits per heavy atom. The largest absolute Gasteiger partial charge is 0.480 e. The van der Waals surface area contributed by atoms with E-state index in [1.165, 1.54) is 18.3 Å². The van der Waals surface area contributed by atoms with Crippen molar-refractivity contribution in [1.82, 2.24) is 10.6 Å². The van der Waals surface area contributed by atoms with Crippen molar-refractivity contribution in [3.63, 3.8) is 0 Å². The zero-order chi connectivity index (χ0) is 13.7. The highest BCUT2D eigenvalue weighted by Crippen LogP contribution is 2.21. The molecule has 1 rings (SSSR count). The van der Waals surface area contributed by atoms with Gasteiger partial charge in [0.05, 0.1) is 16.4 Å². The molecular formula is C10H13BrN2O4S. The van der Waals surface area contributed by atoms with E-state index >= 15 is 0 Å².